The summed E-state index contributed by atoms with van der Waals surface area (Å²) in [6.07, 6.45) is 0. The van der Waals surface area contributed by atoms with Crippen LogP contribution in [0.5, 0.6) is 11.5 Å². The lowest BCUT2D eigenvalue weighted by atomic mass is 10.2. The van der Waals surface area contributed by atoms with Crippen LogP contribution < -0.4 is 14.2 Å². The van der Waals surface area contributed by atoms with Gasteiger partial charge in [-0.2, -0.15) is 0 Å². The van der Waals surface area contributed by atoms with Crippen molar-refractivity contribution in [1.29, 1.82) is 0 Å². The van der Waals surface area contributed by atoms with Crippen molar-refractivity contribution in [3.8, 4) is 11.5 Å². The zero-order chi connectivity index (χ0) is 15.0. The van der Waals surface area contributed by atoms with Crippen molar-refractivity contribution in [1.82, 2.24) is 0 Å². The highest BCUT2D eigenvalue weighted by molar-refractivity contribution is 9.10. The van der Waals surface area contributed by atoms with Gasteiger partial charge in [-0.25, -0.2) is 8.42 Å². The molecule has 7 heteroatoms. The fourth-order valence-electron chi connectivity index (χ4n) is 1.95. The molecule has 110 valence electrons. The molecule has 1 aliphatic heterocycles. The molecule has 0 bridgehead atoms. The third-order valence-corrected chi connectivity index (χ3v) is 5.04. The second-order valence-electron chi connectivity index (χ2n) is 4.60. The molecule has 0 radical (unpaired) electrons. The number of hydrogen-bond acceptors (Lipinski definition) is 4. The maximum Gasteiger partial charge on any atom is 0.262 e. The zero-order valence-corrected chi connectivity index (χ0v) is 13.5. The number of rotatable bonds is 3. The largest absolute Gasteiger partial charge is 0.454 e. The van der Waals surface area contributed by atoms with Crippen LogP contribution >= 0.6 is 15.9 Å². The molecule has 0 saturated heterocycles. The summed E-state index contributed by atoms with van der Waals surface area (Å²) in [7, 11) is -3.69. The molecule has 0 fully saturated rings. The number of aryl methyl sites for hydroxylation is 1. The van der Waals surface area contributed by atoms with Crippen molar-refractivity contribution in [2.24, 2.45) is 0 Å². The average Bonchev–Trinajstić information content (AvgIpc) is 2.89. The van der Waals surface area contributed by atoms with Gasteiger partial charge in [0, 0.05) is 10.5 Å². The number of hydrogen-bond donors (Lipinski definition) is 1. The topological polar surface area (TPSA) is 64.6 Å². The van der Waals surface area contributed by atoms with Crippen LogP contribution in [-0.2, 0) is 10.0 Å². The van der Waals surface area contributed by atoms with Crippen molar-refractivity contribution >= 4 is 31.6 Å². The quantitative estimate of drug-likeness (QED) is 0.901. The lowest BCUT2D eigenvalue weighted by Gasteiger charge is -2.10. The molecule has 2 aromatic carbocycles. The Morgan fingerprint density at radius 2 is 1.86 bits per heavy atom. The van der Waals surface area contributed by atoms with Crippen LogP contribution in [0.2, 0.25) is 0 Å². The van der Waals surface area contributed by atoms with E-state index in [4.69, 9.17) is 9.47 Å². The van der Waals surface area contributed by atoms with Gasteiger partial charge in [0.15, 0.2) is 11.5 Å². The number of benzene rings is 2. The van der Waals surface area contributed by atoms with E-state index >= 15 is 0 Å². The maximum atomic E-state index is 12.4. The third kappa shape index (κ3) is 2.84. The Kier molecular flexibility index (Phi) is 3.54. The SMILES string of the molecule is Cc1ccc(NS(=O)(=O)c2ccc3c(c2)OCO3)c(Br)c1. The molecular weight excluding hydrogens is 358 g/mol. The van der Waals surface area contributed by atoms with Crippen LogP contribution in [0, 0.1) is 6.92 Å². The van der Waals surface area contributed by atoms with Crippen molar-refractivity contribution in [3.63, 3.8) is 0 Å². The van der Waals surface area contributed by atoms with Crippen LogP contribution in [0.25, 0.3) is 0 Å². The molecule has 21 heavy (non-hydrogen) atoms. The standard InChI is InChI=1S/C14H12BrNO4S/c1-9-2-4-12(11(15)6-9)16-21(17,18)10-3-5-13-14(7-10)20-8-19-13/h2-7,16H,8H2,1H3. The summed E-state index contributed by atoms with van der Waals surface area (Å²) >= 11 is 3.35. The molecule has 2 aromatic rings. The number of sulfonamides is 1. The fraction of sp³-hybridized carbons (Fsp3) is 0.143. The van der Waals surface area contributed by atoms with Crippen molar-refractivity contribution in [2.75, 3.05) is 11.5 Å². The summed E-state index contributed by atoms with van der Waals surface area (Å²) in [5, 5.41) is 0. The molecule has 0 spiro atoms. The Hall–Kier alpha value is -1.73. The van der Waals surface area contributed by atoms with Crippen molar-refractivity contribution < 1.29 is 17.9 Å². The molecular formula is C14H12BrNO4S. The molecule has 1 aliphatic rings. The van der Waals surface area contributed by atoms with Crippen molar-refractivity contribution in [2.45, 2.75) is 11.8 Å². The highest BCUT2D eigenvalue weighted by Crippen LogP contribution is 2.34. The van der Waals surface area contributed by atoms with E-state index < -0.39 is 10.0 Å². The minimum absolute atomic E-state index is 0.107. The Morgan fingerprint density at radius 1 is 1.10 bits per heavy atom. The Balaban J connectivity index is 1.93. The molecule has 5 nitrogen and oxygen atoms in total. The molecule has 0 amide bonds. The fourth-order valence-corrected chi connectivity index (χ4v) is 3.77. The maximum absolute atomic E-state index is 12.4. The van der Waals surface area contributed by atoms with Gasteiger partial charge in [-0.1, -0.05) is 6.07 Å². The van der Waals surface area contributed by atoms with Gasteiger partial charge in [-0.3, -0.25) is 4.72 Å². The molecule has 0 aromatic heterocycles. The van der Waals surface area contributed by atoms with Crippen LogP contribution in [0.3, 0.4) is 0 Å². The van der Waals surface area contributed by atoms with E-state index in [1.807, 2.05) is 19.1 Å². The molecule has 1 heterocycles. The third-order valence-electron chi connectivity index (χ3n) is 3.02. The van der Waals surface area contributed by atoms with Gasteiger partial charge < -0.3 is 9.47 Å². The number of anilines is 1. The summed E-state index contributed by atoms with van der Waals surface area (Å²) in [4.78, 5) is 0.124. The van der Waals surface area contributed by atoms with Crippen molar-refractivity contribution in [3.05, 3.63) is 46.4 Å². The van der Waals surface area contributed by atoms with Gasteiger partial charge in [0.25, 0.3) is 10.0 Å². The van der Waals surface area contributed by atoms with E-state index in [0.29, 0.717) is 21.7 Å². The monoisotopic (exact) mass is 369 g/mol. The van der Waals surface area contributed by atoms with Gasteiger partial charge >= 0.3 is 0 Å². The highest BCUT2D eigenvalue weighted by Gasteiger charge is 2.21. The van der Waals surface area contributed by atoms with E-state index in [9.17, 15) is 8.42 Å². The van der Waals surface area contributed by atoms with Gasteiger partial charge in [0.2, 0.25) is 6.79 Å². The molecule has 0 aliphatic carbocycles. The highest BCUT2D eigenvalue weighted by atomic mass is 79.9. The van der Waals surface area contributed by atoms with Gasteiger partial charge in [0.1, 0.15) is 0 Å². The van der Waals surface area contributed by atoms with E-state index in [1.165, 1.54) is 12.1 Å². The van der Waals surface area contributed by atoms with Crippen LogP contribution in [-0.4, -0.2) is 15.2 Å². The first-order valence-corrected chi connectivity index (χ1v) is 8.42. The molecule has 0 atom stereocenters. The summed E-state index contributed by atoms with van der Waals surface area (Å²) in [5.74, 6) is 0.978. The first-order valence-electron chi connectivity index (χ1n) is 6.14. The lowest BCUT2D eigenvalue weighted by molar-refractivity contribution is 0.174. The van der Waals surface area contributed by atoms with E-state index in [-0.39, 0.29) is 11.7 Å². The normalized spacial score (nSPS) is 13.2. The molecule has 0 unspecified atom stereocenters. The molecule has 3 rings (SSSR count). The second-order valence-corrected chi connectivity index (χ2v) is 7.14. The predicted molar refractivity (Wildman–Crippen MR) is 82.3 cm³/mol. The Bertz CT molecular complexity index is 805. The minimum Gasteiger partial charge on any atom is -0.454 e. The smallest absolute Gasteiger partial charge is 0.262 e. The summed E-state index contributed by atoms with van der Waals surface area (Å²) in [5.41, 5.74) is 1.52. The summed E-state index contributed by atoms with van der Waals surface area (Å²) in [6, 6.07) is 9.91. The minimum atomic E-state index is -3.69. The van der Waals surface area contributed by atoms with Gasteiger partial charge in [-0.05, 0) is 52.7 Å². The molecule has 1 N–H and O–H groups in total. The Labute approximate surface area is 131 Å². The second kappa shape index (κ2) is 5.23. The van der Waals surface area contributed by atoms with Gasteiger partial charge in [0.05, 0.1) is 10.6 Å². The summed E-state index contributed by atoms with van der Waals surface area (Å²) in [6.45, 7) is 2.04. The van der Waals surface area contributed by atoms with E-state index in [2.05, 4.69) is 20.7 Å². The molecule has 0 saturated carbocycles. The van der Waals surface area contributed by atoms with Gasteiger partial charge in [-0.15, -0.1) is 0 Å². The lowest BCUT2D eigenvalue weighted by Crippen LogP contribution is -2.13. The zero-order valence-electron chi connectivity index (χ0n) is 11.1. The van der Waals surface area contributed by atoms with Crippen LogP contribution in [0.1, 0.15) is 5.56 Å². The number of halogens is 1. The number of fused-ring (bicyclic) bond motifs is 1. The Morgan fingerprint density at radius 3 is 2.62 bits per heavy atom. The predicted octanol–water partition coefficient (Wildman–Crippen LogP) is 3.29. The van der Waals surface area contributed by atoms with E-state index in [1.54, 1.807) is 12.1 Å². The number of ether oxygens (including phenoxy) is 2. The first-order chi connectivity index (χ1) is 9.95. The average molecular weight is 370 g/mol. The van der Waals surface area contributed by atoms with Crippen LogP contribution in [0.15, 0.2) is 45.8 Å². The van der Waals surface area contributed by atoms with Crippen LogP contribution in [0.4, 0.5) is 5.69 Å². The number of nitrogens with one attached hydrogen (secondary N) is 1. The summed E-state index contributed by atoms with van der Waals surface area (Å²) < 4.78 is 38.4. The van der Waals surface area contributed by atoms with E-state index in [0.717, 1.165) is 5.56 Å². The first kappa shape index (κ1) is 14.2.